The van der Waals surface area contributed by atoms with E-state index in [1.165, 1.54) is 24.3 Å². The van der Waals surface area contributed by atoms with Crippen molar-refractivity contribution in [2.75, 3.05) is 28.6 Å². The fraction of sp³-hybridized carbons (Fsp3) is 0.385. The number of sulfonamides is 1. The summed E-state index contributed by atoms with van der Waals surface area (Å²) in [5, 5.41) is 2.45. The van der Waals surface area contributed by atoms with Crippen LogP contribution in [-0.4, -0.2) is 53.0 Å². The molecule has 1 aliphatic heterocycles. The van der Waals surface area contributed by atoms with Crippen LogP contribution in [0.1, 0.15) is 16.8 Å². The van der Waals surface area contributed by atoms with E-state index in [2.05, 4.69) is 5.32 Å². The number of carbonyl (C=O) groups is 2. The first-order chi connectivity index (χ1) is 10.6. The highest BCUT2D eigenvalue weighted by molar-refractivity contribution is 7.94. The Hall–Kier alpha value is -1.94. The molecule has 0 radical (unpaired) electrons. The fourth-order valence-electron chi connectivity index (χ4n) is 2.07. The van der Waals surface area contributed by atoms with Crippen LogP contribution in [0.4, 0.5) is 5.69 Å². The molecule has 1 N–H and O–H groups in total. The van der Waals surface area contributed by atoms with Crippen molar-refractivity contribution in [2.45, 2.75) is 6.42 Å². The van der Waals surface area contributed by atoms with Crippen LogP contribution in [0.3, 0.4) is 0 Å². The van der Waals surface area contributed by atoms with Crippen molar-refractivity contribution in [3.05, 3.63) is 29.8 Å². The summed E-state index contributed by atoms with van der Waals surface area (Å²) < 4.78 is 46.3. The number of nitrogens with one attached hydrogen (secondary N) is 1. The third-order valence-electron chi connectivity index (χ3n) is 3.20. The van der Waals surface area contributed by atoms with Gasteiger partial charge in [-0.3, -0.25) is 9.59 Å². The van der Waals surface area contributed by atoms with Crippen molar-refractivity contribution >= 4 is 37.4 Å². The van der Waals surface area contributed by atoms with Gasteiger partial charge in [-0.1, -0.05) is 0 Å². The summed E-state index contributed by atoms with van der Waals surface area (Å²) >= 11 is 0. The van der Waals surface area contributed by atoms with E-state index in [0.717, 1.165) is 10.6 Å². The van der Waals surface area contributed by atoms with Gasteiger partial charge in [0.05, 0.1) is 17.2 Å². The summed E-state index contributed by atoms with van der Waals surface area (Å²) in [6.07, 6.45) is 1.01. The highest BCUT2D eigenvalue weighted by Crippen LogP contribution is 2.25. The van der Waals surface area contributed by atoms with Gasteiger partial charge in [0.2, 0.25) is 15.9 Å². The van der Waals surface area contributed by atoms with Crippen LogP contribution in [0.15, 0.2) is 24.3 Å². The molecule has 1 saturated heterocycles. The minimum Gasteiger partial charge on any atom is -0.351 e. The predicted octanol–water partition coefficient (Wildman–Crippen LogP) is -0.472. The molecule has 1 fully saturated rings. The van der Waals surface area contributed by atoms with Gasteiger partial charge in [0.25, 0.3) is 5.91 Å². The molecule has 2 amide bonds. The molecule has 0 aliphatic carbocycles. The third kappa shape index (κ3) is 4.29. The van der Waals surface area contributed by atoms with Gasteiger partial charge in [-0.2, -0.15) is 0 Å². The molecular weight excluding hydrogens is 344 g/mol. The van der Waals surface area contributed by atoms with Gasteiger partial charge >= 0.3 is 0 Å². The molecule has 10 heteroatoms. The van der Waals surface area contributed by atoms with Crippen LogP contribution >= 0.6 is 0 Å². The Balaban J connectivity index is 2.08. The Morgan fingerprint density at radius 3 is 2.35 bits per heavy atom. The molecular formula is C13H16N2O6S2. The third-order valence-corrected chi connectivity index (χ3v) is 5.84. The number of benzene rings is 1. The van der Waals surface area contributed by atoms with Crippen LogP contribution in [0, 0.1) is 0 Å². The Kier molecular flexibility index (Phi) is 4.76. The number of amides is 2. The van der Waals surface area contributed by atoms with Gasteiger partial charge in [0.1, 0.15) is 9.84 Å². The zero-order valence-electron chi connectivity index (χ0n) is 12.4. The fourth-order valence-corrected chi connectivity index (χ4v) is 4.00. The van der Waals surface area contributed by atoms with Crippen molar-refractivity contribution in [1.82, 2.24) is 5.32 Å². The second kappa shape index (κ2) is 6.28. The minimum absolute atomic E-state index is 0.0155. The lowest BCUT2D eigenvalue weighted by atomic mass is 10.2. The average molecular weight is 360 g/mol. The Morgan fingerprint density at radius 2 is 1.87 bits per heavy atom. The molecule has 8 nitrogen and oxygen atoms in total. The molecule has 0 aromatic heterocycles. The maximum Gasteiger partial charge on any atom is 0.251 e. The number of rotatable bonds is 5. The topological polar surface area (TPSA) is 118 Å². The van der Waals surface area contributed by atoms with Crippen molar-refractivity contribution in [3.63, 3.8) is 0 Å². The maximum atomic E-state index is 11.9. The Bertz CT molecular complexity index is 828. The maximum absolute atomic E-state index is 11.9. The largest absolute Gasteiger partial charge is 0.351 e. The second-order valence-electron chi connectivity index (χ2n) is 5.16. The summed E-state index contributed by atoms with van der Waals surface area (Å²) in [6, 6.07) is 5.50. The van der Waals surface area contributed by atoms with E-state index in [1.54, 1.807) is 0 Å². The first-order valence-corrected chi connectivity index (χ1v) is 10.4. The number of anilines is 1. The minimum atomic E-state index is -3.64. The van der Waals surface area contributed by atoms with E-state index in [4.69, 9.17) is 0 Å². The number of nitrogens with zero attached hydrogens (tertiary/aromatic N) is 1. The SMILES string of the molecule is CS(=O)(=O)CCNC(=O)c1ccc(N2C(=O)CCS2(=O)=O)cc1. The van der Waals surface area contributed by atoms with Crippen LogP contribution in [0.5, 0.6) is 0 Å². The molecule has 23 heavy (non-hydrogen) atoms. The molecule has 1 heterocycles. The number of carbonyl (C=O) groups excluding carboxylic acids is 2. The molecule has 0 unspecified atom stereocenters. The molecule has 0 saturated carbocycles. The lowest BCUT2D eigenvalue weighted by molar-refractivity contribution is -0.116. The predicted molar refractivity (Wildman–Crippen MR) is 84.4 cm³/mol. The first kappa shape index (κ1) is 17.4. The van der Waals surface area contributed by atoms with Crippen LogP contribution in [-0.2, 0) is 24.7 Å². The van der Waals surface area contributed by atoms with E-state index in [0.29, 0.717) is 0 Å². The number of hydrogen-bond acceptors (Lipinski definition) is 6. The summed E-state index contributed by atoms with van der Waals surface area (Å²) in [7, 11) is -6.80. The van der Waals surface area contributed by atoms with Gasteiger partial charge in [0, 0.05) is 24.8 Å². The standard InChI is InChI=1S/C13H16N2O6S2/c1-22(18,19)9-7-14-13(17)10-2-4-11(5-3-10)15-12(16)6-8-23(15,20)21/h2-5H,6-9H2,1H3,(H,14,17). The van der Waals surface area contributed by atoms with E-state index in [-0.39, 0.29) is 35.7 Å². The van der Waals surface area contributed by atoms with Crippen molar-refractivity contribution in [1.29, 1.82) is 0 Å². The lowest BCUT2D eigenvalue weighted by Crippen LogP contribution is -2.30. The summed E-state index contributed by atoms with van der Waals surface area (Å²) in [5.41, 5.74) is 0.423. The average Bonchev–Trinajstić information content (AvgIpc) is 2.71. The van der Waals surface area contributed by atoms with Crippen molar-refractivity contribution < 1.29 is 26.4 Å². The van der Waals surface area contributed by atoms with Gasteiger partial charge in [-0.25, -0.2) is 21.1 Å². The lowest BCUT2D eigenvalue weighted by Gasteiger charge is -2.15. The molecule has 2 rings (SSSR count). The summed E-state index contributed by atoms with van der Waals surface area (Å²) in [6.45, 7) is -0.0155. The highest BCUT2D eigenvalue weighted by Gasteiger charge is 2.36. The molecule has 126 valence electrons. The monoisotopic (exact) mass is 360 g/mol. The van der Waals surface area contributed by atoms with Crippen LogP contribution < -0.4 is 9.62 Å². The molecule has 0 spiro atoms. The molecule has 0 atom stereocenters. The Morgan fingerprint density at radius 1 is 1.26 bits per heavy atom. The summed E-state index contributed by atoms with van der Waals surface area (Å²) in [5.74, 6) is -1.37. The quantitative estimate of drug-likeness (QED) is 0.758. The zero-order valence-corrected chi connectivity index (χ0v) is 14.0. The van der Waals surface area contributed by atoms with Gasteiger partial charge < -0.3 is 5.32 Å². The second-order valence-corrected chi connectivity index (χ2v) is 9.35. The van der Waals surface area contributed by atoms with Crippen molar-refractivity contribution in [2.24, 2.45) is 0 Å². The molecule has 0 bridgehead atoms. The van der Waals surface area contributed by atoms with Gasteiger partial charge in [0.15, 0.2) is 0 Å². The van der Waals surface area contributed by atoms with Gasteiger partial charge in [-0.05, 0) is 24.3 Å². The number of sulfone groups is 1. The van der Waals surface area contributed by atoms with E-state index >= 15 is 0 Å². The van der Waals surface area contributed by atoms with Crippen molar-refractivity contribution in [3.8, 4) is 0 Å². The summed E-state index contributed by atoms with van der Waals surface area (Å²) in [4.78, 5) is 23.5. The molecule has 1 aromatic rings. The zero-order chi connectivity index (χ0) is 17.3. The highest BCUT2D eigenvalue weighted by atomic mass is 32.2. The normalized spacial score (nSPS) is 17.3. The Labute approximate surface area is 134 Å². The molecule has 1 aromatic carbocycles. The van der Waals surface area contributed by atoms with E-state index in [9.17, 15) is 26.4 Å². The van der Waals surface area contributed by atoms with E-state index in [1.807, 2.05) is 0 Å². The van der Waals surface area contributed by atoms with E-state index < -0.39 is 31.7 Å². The van der Waals surface area contributed by atoms with Crippen LogP contribution in [0.2, 0.25) is 0 Å². The molecule has 1 aliphatic rings. The van der Waals surface area contributed by atoms with Gasteiger partial charge in [-0.15, -0.1) is 0 Å². The van der Waals surface area contributed by atoms with Crippen LogP contribution in [0.25, 0.3) is 0 Å². The smallest absolute Gasteiger partial charge is 0.251 e. The number of hydrogen-bond donors (Lipinski definition) is 1. The first-order valence-electron chi connectivity index (χ1n) is 6.72.